The normalized spacial score (nSPS) is 13.4. The molecule has 8 aromatic carbocycles. The Morgan fingerprint density at radius 1 is 0.315 bits per heavy atom. The summed E-state index contributed by atoms with van der Waals surface area (Å²) in [6.45, 7) is 4.68. The highest BCUT2D eigenvalue weighted by molar-refractivity contribution is 5.96. The quantitative estimate of drug-likeness (QED) is 0.184. The first-order valence-corrected chi connectivity index (χ1v) is 18.6. The number of anilines is 3. The van der Waals surface area contributed by atoms with Gasteiger partial charge in [0.2, 0.25) is 0 Å². The molecule has 256 valence electrons. The van der Waals surface area contributed by atoms with Crippen molar-refractivity contribution in [1.82, 2.24) is 0 Å². The van der Waals surface area contributed by atoms with Crippen LogP contribution in [0.5, 0.6) is 23.0 Å². The zero-order valence-electron chi connectivity index (χ0n) is 30.0. The van der Waals surface area contributed by atoms with Crippen LogP contribution in [0.15, 0.2) is 176 Å². The van der Waals surface area contributed by atoms with E-state index < -0.39 is 0 Å². The van der Waals surface area contributed by atoms with Gasteiger partial charge in [0.05, 0.1) is 0 Å². The Hall–Kier alpha value is -6.84. The summed E-state index contributed by atoms with van der Waals surface area (Å²) >= 11 is 0. The Balaban J connectivity index is 1.14. The minimum atomic E-state index is -0.147. The molecule has 0 bridgehead atoms. The fraction of sp³-hybridized carbons (Fsp3) is 0.0588. The van der Waals surface area contributed by atoms with Gasteiger partial charge < -0.3 is 14.4 Å². The molecule has 3 aliphatic rings. The van der Waals surface area contributed by atoms with Gasteiger partial charge in [0.1, 0.15) is 23.0 Å². The Bertz CT molecular complexity index is 2830. The van der Waals surface area contributed by atoms with E-state index in [4.69, 9.17) is 9.47 Å². The van der Waals surface area contributed by atoms with E-state index in [0.717, 1.165) is 79.0 Å². The lowest BCUT2D eigenvalue weighted by Crippen LogP contribution is -2.16. The molecule has 0 spiro atoms. The summed E-state index contributed by atoms with van der Waals surface area (Å²) < 4.78 is 13.4. The fourth-order valence-corrected chi connectivity index (χ4v) is 8.89. The number of nitrogens with zero attached hydrogens (tertiary/aromatic N) is 1. The van der Waals surface area contributed by atoms with Crippen molar-refractivity contribution in [3.8, 4) is 78.6 Å². The third kappa shape index (κ3) is 4.55. The number of fused-ring (bicyclic) bond motifs is 13. The summed E-state index contributed by atoms with van der Waals surface area (Å²) in [6, 6.07) is 62.9. The molecule has 0 aromatic heterocycles. The second-order valence-electron chi connectivity index (χ2n) is 14.9. The molecule has 0 unspecified atom stereocenters. The molecule has 0 saturated carbocycles. The topological polar surface area (TPSA) is 21.7 Å². The molecule has 1 aliphatic carbocycles. The lowest BCUT2D eigenvalue weighted by Gasteiger charge is -2.29. The number of rotatable bonds is 3. The molecular weight excluding hydrogens is 659 g/mol. The van der Waals surface area contributed by atoms with E-state index in [0.29, 0.717) is 0 Å². The van der Waals surface area contributed by atoms with Crippen molar-refractivity contribution < 1.29 is 9.47 Å². The summed E-state index contributed by atoms with van der Waals surface area (Å²) in [4.78, 5) is 2.38. The van der Waals surface area contributed by atoms with Gasteiger partial charge in [0, 0.05) is 50.8 Å². The van der Waals surface area contributed by atoms with Crippen molar-refractivity contribution in [1.29, 1.82) is 0 Å². The van der Waals surface area contributed by atoms with E-state index in [1.807, 2.05) is 18.2 Å². The number of hydrogen-bond donors (Lipinski definition) is 0. The Morgan fingerprint density at radius 3 is 1.33 bits per heavy atom. The van der Waals surface area contributed by atoms with Crippen LogP contribution in [0.2, 0.25) is 0 Å². The molecule has 0 atom stereocenters. The van der Waals surface area contributed by atoms with Crippen LogP contribution in [-0.2, 0) is 5.41 Å². The van der Waals surface area contributed by atoms with Gasteiger partial charge in [-0.1, -0.05) is 129 Å². The smallest absolute Gasteiger partial charge is 0.137 e. The summed E-state index contributed by atoms with van der Waals surface area (Å²) in [5.74, 6) is 3.38. The van der Waals surface area contributed by atoms with Gasteiger partial charge in [0.25, 0.3) is 0 Å². The SMILES string of the molecule is CC1(C)c2ccccc2-c2ccc(N(c3ccc4c(c3)Oc3ccccc3-c3ccccc3-4)c3ccc4c(c3)-c3ccccc3Oc3ccccc3-4)cc21. The monoisotopic (exact) mass is 693 g/mol. The summed E-state index contributed by atoms with van der Waals surface area (Å²) in [6.07, 6.45) is 0. The first-order valence-electron chi connectivity index (χ1n) is 18.6. The molecule has 3 heteroatoms. The minimum Gasteiger partial charge on any atom is -0.456 e. The Morgan fingerprint density at radius 2 is 0.704 bits per heavy atom. The largest absolute Gasteiger partial charge is 0.456 e. The van der Waals surface area contributed by atoms with Gasteiger partial charge in [-0.25, -0.2) is 0 Å². The second kappa shape index (κ2) is 11.6. The lowest BCUT2D eigenvalue weighted by atomic mass is 9.82. The molecule has 54 heavy (non-hydrogen) atoms. The van der Waals surface area contributed by atoms with Crippen molar-refractivity contribution in [2.24, 2.45) is 0 Å². The molecule has 11 rings (SSSR count). The van der Waals surface area contributed by atoms with Crippen LogP contribution in [-0.4, -0.2) is 0 Å². The van der Waals surface area contributed by atoms with Crippen LogP contribution in [0.1, 0.15) is 25.0 Å². The van der Waals surface area contributed by atoms with E-state index in [2.05, 4.69) is 176 Å². The maximum atomic E-state index is 6.85. The summed E-state index contributed by atoms with van der Waals surface area (Å²) in [7, 11) is 0. The van der Waals surface area contributed by atoms with Gasteiger partial charge >= 0.3 is 0 Å². The van der Waals surface area contributed by atoms with Gasteiger partial charge in [-0.15, -0.1) is 0 Å². The number of ether oxygens (including phenoxy) is 2. The number of benzene rings is 8. The molecule has 0 saturated heterocycles. The molecule has 0 amide bonds. The van der Waals surface area contributed by atoms with Gasteiger partial charge in [-0.05, 0) is 99.1 Å². The predicted octanol–water partition coefficient (Wildman–Crippen LogP) is 14.3. The van der Waals surface area contributed by atoms with Crippen LogP contribution in [0.4, 0.5) is 17.1 Å². The van der Waals surface area contributed by atoms with Crippen molar-refractivity contribution >= 4 is 17.1 Å². The highest BCUT2D eigenvalue weighted by Gasteiger charge is 2.36. The molecule has 0 radical (unpaired) electrons. The highest BCUT2D eigenvalue weighted by atomic mass is 16.5. The molecule has 0 N–H and O–H groups in total. The molecule has 0 fully saturated rings. The number of para-hydroxylation sites is 3. The predicted molar refractivity (Wildman–Crippen MR) is 221 cm³/mol. The lowest BCUT2D eigenvalue weighted by molar-refractivity contribution is 0.487. The van der Waals surface area contributed by atoms with Crippen molar-refractivity contribution in [2.75, 3.05) is 4.90 Å². The molecule has 2 heterocycles. The first kappa shape index (κ1) is 30.8. The minimum absolute atomic E-state index is 0.147. The van der Waals surface area contributed by atoms with Crippen molar-refractivity contribution in [3.05, 3.63) is 187 Å². The molecule has 2 aliphatic heterocycles. The summed E-state index contributed by atoms with van der Waals surface area (Å²) in [5, 5.41) is 0. The third-order valence-corrected chi connectivity index (χ3v) is 11.5. The Labute approximate surface area is 315 Å². The molecule has 3 nitrogen and oxygen atoms in total. The number of hydrogen-bond acceptors (Lipinski definition) is 3. The third-order valence-electron chi connectivity index (χ3n) is 11.5. The maximum Gasteiger partial charge on any atom is 0.137 e. The average molecular weight is 694 g/mol. The zero-order chi connectivity index (χ0) is 36.0. The van der Waals surface area contributed by atoms with E-state index >= 15 is 0 Å². The highest BCUT2D eigenvalue weighted by Crippen LogP contribution is 2.54. The van der Waals surface area contributed by atoms with Gasteiger partial charge in [-0.3, -0.25) is 0 Å². The zero-order valence-corrected chi connectivity index (χ0v) is 30.0. The standard InChI is InChI=1S/C51H35NO2/c1-51(2)45-19-9-5-15-38(45)39-27-24-33(30-46(39)51)52(32-23-26-37-41-17-7-10-20-47(41)53-49-22-12-8-18-42(49)44(37)29-32)34-25-28-43-36-14-4-3-13-35(36)40-16-6-11-21-48(40)54-50(43)31-34/h3-31H,1-2H3. The fourth-order valence-electron chi connectivity index (χ4n) is 8.89. The Kier molecular flexibility index (Phi) is 6.60. The van der Waals surface area contributed by atoms with Crippen LogP contribution < -0.4 is 14.4 Å². The second-order valence-corrected chi connectivity index (χ2v) is 14.9. The van der Waals surface area contributed by atoms with E-state index in [9.17, 15) is 0 Å². The van der Waals surface area contributed by atoms with Gasteiger partial charge in [0.15, 0.2) is 0 Å². The van der Waals surface area contributed by atoms with Crippen LogP contribution in [0, 0.1) is 0 Å². The van der Waals surface area contributed by atoms with Gasteiger partial charge in [-0.2, -0.15) is 0 Å². The average Bonchev–Trinajstić information content (AvgIpc) is 3.30. The van der Waals surface area contributed by atoms with Crippen LogP contribution >= 0.6 is 0 Å². The van der Waals surface area contributed by atoms with Crippen LogP contribution in [0.3, 0.4) is 0 Å². The van der Waals surface area contributed by atoms with Crippen molar-refractivity contribution in [3.63, 3.8) is 0 Å². The van der Waals surface area contributed by atoms with E-state index in [1.54, 1.807) is 0 Å². The first-order chi connectivity index (χ1) is 26.5. The molecular formula is C51H35NO2. The van der Waals surface area contributed by atoms with E-state index in [1.165, 1.54) is 27.8 Å². The maximum absolute atomic E-state index is 6.85. The van der Waals surface area contributed by atoms with Crippen LogP contribution in [0.25, 0.3) is 55.6 Å². The molecule has 8 aromatic rings. The van der Waals surface area contributed by atoms with E-state index in [-0.39, 0.29) is 5.41 Å². The summed E-state index contributed by atoms with van der Waals surface area (Å²) in [5.41, 5.74) is 17.2. The van der Waals surface area contributed by atoms with Crippen molar-refractivity contribution in [2.45, 2.75) is 19.3 Å².